The number of rotatable bonds is 1. The smallest absolute Gasteiger partial charge is 0.130 e. The van der Waals surface area contributed by atoms with Crippen LogP contribution in [0.5, 0.6) is 0 Å². The van der Waals surface area contributed by atoms with Gasteiger partial charge in [0, 0.05) is 6.42 Å². The van der Waals surface area contributed by atoms with Crippen LogP contribution in [0.3, 0.4) is 0 Å². The maximum atomic E-state index is 8.87. The van der Waals surface area contributed by atoms with Gasteiger partial charge in [0.1, 0.15) is 8.07 Å². The molecule has 1 atom stereocenters. The lowest BCUT2D eigenvalue weighted by molar-refractivity contribution is 0.201. The Kier molecular flexibility index (Phi) is 4.74. The molecule has 0 saturated heterocycles. The molecule has 0 radical (unpaired) electrons. The van der Waals surface area contributed by atoms with E-state index in [1.54, 1.807) is 6.92 Å². The highest BCUT2D eigenvalue weighted by atomic mass is 28.3. The third kappa shape index (κ3) is 9.30. The summed E-state index contributed by atoms with van der Waals surface area (Å²) in [6, 6.07) is 0. The quantitative estimate of drug-likeness (QED) is 0.480. The van der Waals surface area contributed by atoms with E-state index >= 15 is 0 Å². The van der Waals surface area contributed by atoms with Crippen molar-refractivity contribution in [2.24, 2.45) is 0 Å². The molecule has 0 fully saturated rings. The summed E-state index contributed by atoms with van der Waals surface area (Å²) in [6.45, 7) is 8.25. The van der Waals surface area contributed by atoms with Crippen LogP contribution in [-0.4, -0.2) is 19.3 Å². The maximum absolute atomic E-state index is 8.87. The second-order valence-corrected chi connectivity index (χ2v) is 8.60. The van der Waals surface area contributed by atoms with Crippen LogP contribution in [0.1, 0.15) is 13.3 Å². The normalized spacial score (nSPS) is 12.1. The molecule has 1 nitrogen and oxygen atoms in total. The first-order chi connectivity index (χ1) is 5.42. The summed E-state index contributed by atoms with van der Waals surface area (Å²) in [7, 11) is -1.26. The van der Waals surface area contributed by atoms with Gasteiger partial charge in [0.15, 0.2) is 0 Å². The molecule has 1 unspecified atom stereocenters. The minimum Gasteiger partial charge on any atom is -0.392 e. The van der Waals surface area contributed by atoms with Crippen LogP contribution >= 0.6 is 0 Å². The predicted octanol–water partition coefficient (Wildman–Crippen LogP) is 1.64. The van der Waals surface area contributed by atoms with Crippen LogP contribution in [0.4, 0.5) is 0 Å². The maximum Gasteiger partial charge on any atom is 0.130 e. The highest BCUT2D eigenvalue weighted by Crippen LogP contribution is 1.95. The molecule has 0 aromatic carbocycles. The molecule has 0 aliphatic heterocycles. The Balaban J connectivity index is 3.91. The van der Waals surface area contributed by atoms with Crippen molar-refractivity contribution in [1.29, 1.82) is 0 Å². The Morgan fingerprint density at radius 2 is 1.83 bits per heavy atom. The van der Waals surface area contributed by atoms with Crippen molar-refractivity contribution in [3.05, 3.63) is 0 Å². The summed E-state index contributed by atoms with van der Waals surface area (Å²) in [4.78, 5) is 0. The molecule has 2 heteroatoms. The number of hydrogen-bond acceptors (Lipinski definition) is 1. The Bertz CT molecular complexity index is 239. The third-order valence-electron chi connectivity index (χ3n) is 0.986. The SMILES string of the molecule is CC(O)CC#CC#C[Si](C)(C)C. The Morgan fingerprint density at radius 3 is 2.25 bits per heavy atom. The van der Waals surface area contributed by atoms with E-state index < -0.39 is 8.07 Å². The second-order valence-electron chi connectivity index (χ2n) is 3.85. The lowest BCUT2D eigenvalue weighted by Gasteiger charge is -2.01. The van der Waals surface area contributed by atoms with E-state index in [1.165, 1.54) is 0 Å². The fraction of sp³-hybridized carbons (Fsp3) is 0.600. The van der Waals surface area contributed by atoms with Crippen LogP contribution in [0.25, 0.3) is 0 Å². The van der Waals surface area contributed by atoms with Crippen molar-refractivity contribution in [1.82, 2.24) is 0 Å². The fourth-order valence-corrected chi connectivity index (χ4v) is 0.899. The van der Waals surface area contributed by atoms with Crippen molar-refractivity contribution < 1.29 is 5.11 Å². The summed E-state index contributed by atoms with van der Waals surface area (Å²) >= 11 is 0. The zero-order chi connectivity index (χ0) is 9.61. The Hall–Kier alpha value is -0.703. The van der Waals surface area contributed by atoms with Gasteiger partial charge in [-0.2, -0.15) is 0 Å². The van der Waals surface area contributed by atoms with Crippen LogP contribution in [-0.2, 0) is 0 Å². The van der Waals surface area contributed by atoms with Crippen molar-refractivity contribution in [3.63, 3.8) is 0 Å². The van der Waals surface area contributed by atoms with E-state index in [9.17, 15) is 0 Å². The van der Waals surface area contributed by atoms with E-state index in [2.05, 4.69) is 42.9 Å². The molecule has 0 bridgehead atoms. The molecule has 0 saturated carbocycles. The zero-order valence-corrected chi connectivity index (χ0v) is 9.23. The van der Waals surface area contributed by atoms with Crippen LogP contribution in [0.2, 0.25) is 19.6 Å². The predicted molar refractivity (Wildman–Crippen MR) is 55.2 cm³/mol. The largest absolute Gasteiger partial charge is 0.392 e. The molecule has 12 heavy (non-hydrogen) atoms. The van der Waals surface area contributed by atoms with E-state index in [0.29, 0.717) is 6.42 Å². The minimum atomic E-state index is -1.26. The molecule has 1 N–H and O–H groups in total. The standard InChI is InChI=1S/C10H16OSi/c1-10(11)8-6-5-7-9-12(2,3)4/h10-11H,8H2,1-4H3. The van der Waals surface area contributed by atoms with Crippen LogP contribution in [0, 0.1) is 23.3 Å². The van der Waals surface area contributed by atoms with Crippen LogP contribution < -0.4 is 0 Å². The molecule has 0 spiro atoms. The molecule has 0 heterocycles. The first-order valence-corrected chi connectivity index (χ1v) is 7.60. The Labute approximate surface area is 76.2 Å². The average molecular weight is 180 g/mol. The molecule has 0 aliphatic rings. The summed E-state index contributed by atoms with van der Waals surface area (Å²) in [6.07, 6.45) is 0.173. The van der Waals surface area contributed by atoms with Gasteiger partial charge >= 0.3 is 0 Å². The number of hydrogen-bond donors (Lipinski definition) is 1. The lowest BCUT2D eigenvalue weighted by Crippen LogP contribution is -2.16. The van der Waals surface area contributed by atoms with E-state index in [4.69, 9.17) is 5.11 Å². The van der Waals surface area contributed by atoms with Crippen LogP contribution in [0.15, 0.2) is 0 Å². The fourth-order valence-electron chi connectivity index (χ4n) is 0.462. The topological polar surface area (TPSA) is 20.2 Å². The molecule has 0 aliphatic carbocycles. The number of aliphatic hydroxyl groups excluding tert-OH is 1. The molecular formula is C10H16OSi. The van der Waals surface area contributed by atoms with Gasteiger partial charge in [-0.25, -0.2) is 0 Å². The average Bonchev–Trinajstić information content (AvgIpc) is 1.83. The summed E-state index contributed by atoms with van der Waals surface area (Å²) in [5.74, 6) is 8.36. The molecule has 0 aromatic heterocycles. The molecule has 0 aromatic rings. The van der Waals surface area contributed by atoms with Crippen molar-refractivity contribution in [2.75, 3.05) is 0 Å². The zero-order valence-electron chi connectivity index (χ0n) is 8.23. The lowest BCUT2D eigenvalue weighted by atomic mass is 10.3. The molecular weight excluding hydrogens is 164 g/mol. The van der Waals surface area contributed by atoms with Crippen molar-refractivity contribution in [3.8, 4) is 23.3 Å². The first kappa shape index (κ1) is 11.3. The van der Waals surface area contributed by atoms with Gasteiger partial charge < -0.3 is 5.11 Å². The first-order valence-electron chi connectivity index (χ1n) is 4.10. The monoisotopic (exact) mass is 180 g/mol. The molecule has 66 valence electrons. The summed E-state index contributed by atoms with van der Waals surface area (Å²) in [5, 5.41) is 8.87. The van der Waals surface area contributed by atoms with Gasteiger partial charge in [0.25, 0.3) is 0 Å². The highest BCUT2D eigenvalue weighted by molar-refractivity contribution is 6.83. The van der Waals surface area contributed by atoms with Crippen molar-refractivity contribution in [2.45, 2.75) is 39.1 Å². The molecule has 0 amide bonds. The van der Waals surface area contributed by atoms with Gasteiger partial charge in [0.05, 0.1) is 6.10 Å². The minimum absolute atomic E-state index is 0.341. The van der Waals surface area contributed by atoms with Gasteiger partial charge in [-0.15, -0.1) is 5.54 Å². The highest BCUT2D eigenvalue weighted by Gasteiger charge is 2.06. The van der Waals surface area contributed by atoms with Gasteiger partial charge in [-0.3, -0.25) is 0 Å². The third-order valence-corrected chi connectivity index (χ3v) is 1.86. The number of aliphatic hydroxyl groups is 1. The van der Waals surface area contributed by atoms with Gasteiger partial charge in [-0.05, 0) is 18.8 Å². The Morgan fingerprint density at radius 1 is 1.25 bits per heavy atom. The van der Waals surface area contributed by atoms with E-state index in [1.807, 2.05) is 0 Å². The van der Waals surface area contributed by atoms with E-state index in [0.717, 1.165) is 0 Å². The van der Waals surface area contributed by atoms with E-state index in [-0.39, 0.29) is 6.10 Å². The summed E-state index contributed by atoms with van der Waals surface area (Å²) < 4.78 is 0. The summed E-state index contributed by atoms with van der Waals surface area (Å²) in [5.41, 5.74) is 3.13. The van der Waals surface area contributed by atoms with Gasteiger partial charge in [0.2, 0.25) is 0 Å². The molecule has 0 rings (SSSR count). The second kappa shape index (κ2) is 5.03. The van der Waals surface area contributed by atoms with Crippen molar-refractivity contribution >= 4 is 8.07 Å². The van der Waals surface area contributed by atoms with Gasteiger partial charge in [-0.1, -0.05) is 25.6 Å².